The molecule has 0 spiro atoms. The lowest BCUT2D eigenvalue weighted by molar-refractivity contribution is 0.0796. The lowest BCUT2D eigenvalue weighted by atomic mass is 10.1. The molecule has 11 heavy (non-hydrogen) atoms. The summed E-state index contributed by atoms with van der Waals surface area (Å²) in [6, 6.07) is 5.94. The van der Waals surface area contributed by atoms with Crippen LogP contribution in [0.4, 0.5) is 0 Å². The highest BCUT2D eigenvalue weighted by Gasteiger charge is 2.20. The Hall–Kier alpha value is -0.530. The van der Waals surface area contributed by atoms with E-state index in [1.807, 2.05) is 19.1 Å². The van der Waals surface area contributed by atoms with Gasteiger partial charge < -0.3 is 4.74 Å². The van der Waals surface area contributed by atoms with Crippen molar-refractivity contribution >= 4 is 11.6 Å². The summed E-state index contributed by atoms with van der Waals surface area (Å²) in [5.74, 6) is 0. The van der Waals surface area contributed by atoms with Gasteiger partial charge in [0.25, 0.3) is 0 Å². The van der Waals surface area contributed by atoms with Crippen LogP contribution in [0, 0.1) is 0 Å². The van der Waals surface area contributed by atoms with Crippen molar-refractivity contribution in [2.24, 2.45) is 0 Å². The molecule has 1 unspecified atom stereocenters. The number of halogens is 1. The maximum atomic E-state index is 5.95. The first kappa shape index (κ1) is 7.14. The molecule has 0 fully saturated rings. The van der Waals surface area contributed by atoms with Crippen LogP contribution in [-0.2, 0) is 11.3 Å². The second-order valence-electron chi connectivity index (χ2n) is 2.76. The fraction of sp³-hybridized carbons (Fsp3) is 0.333. The van der Waals surface area contributed by atoms with Gasteiger partial charge in [0.2, 0.25) is 0 Å². The first-order chi connectivity index (χ1) is 5.29. The van der Waals surface area contributed by atoms with Crippen LogP contribution < -0.4 is 0 Å². The molecule has 0 aromatic heterocycles. The van der Waals surface area contributed by atoms with Crippen molar-refractivity contribution in [3.8, 4) is 0 Å². The molecule has 1 aliphatic heterocycles. The van der Waals surface area contributed by atoms with Gasteiger partial charge in [-0.1, -0.05) is 23.7 Å². The topological polar surface area (TPSA) is 9.23 Å². The Bertz CT molecular complexity index is 283. The van der Waals surface area contributed by atoms with E-state index in [2.05, 4.69) is 6.07 Å². The van der Waals surface area contributed by atoms with Gasteiger partial charge in [-0.25, -0.2) is 0 Å². The number of hydrogen-bond donors (Lipinski definition) is 0. The summed E-state index contributed by atoms with van der Waals surface area (Å²) in [5, 5.41) is 0.826. The zero-order chi connectivity index (χ0) is 7.84. The van der Waals surface area contributed by atoms with Crippen molar-refractivity contribution in [3.63, 3.8) is 0 Å². The van der Waals surface area contributed by atoms with Crippen LogP contribution in [-0.4, -0.2) is 0 Å². The minimum absolute atomic E-state index is 0.212. The largest absolute Gasteiger partial charge is 0.369 e. The van der Waals surface area contributed by atoms with E-state index in [4.69, 9.17) is 16.3 Å². The number of hydrogen-bond acceptors (Lipinski definition) is 1. The molecule has 0 bridgehead atoms. The third kappa shape index (κ3) is 1.05. The molecule has 0 saturated heterocycles. The fourth-order valence-corrected chi connectivity index (χ4v) is 1.64. The number of fused-ring (bicyclic) bond motifs is 1. The average molecular weight is 169 g/mol. The quantitative estimate of drug-likeness (QED) is 0.579. The molecule has 1 atom stereocenters. The lowest BCUT2D eigenvalue weighted by Crippen LogP contribution is -1.86. The smallest absolute Gasteiger partial charge is 0.0805 e. The van der Waals surface area contributed by atoms with Gasteiger partial charge in [-0.15, -0.1) is 0 Å². The monoisotopic (exact) mass is 168 g/mol. The van der Waals surface area contributed by atoms with Crippen LogP contribution in [0.25, 0.3) is 0 Å². The average Bonchev–Trinajstić information content (AvgIpc) is 2.35. The van der Waals surface area contributed by atoms with Crippen molar-refractivity contribution in [1.82, 2.24) is 0 Å². The number of benzene rings is 1. The summed E-state index contributed by atoms with van der Waals surface area (Å²) in [7, 11) is 0. The Morgan fingerprint density at radius 3 is 3.09 bits per heavy atom. The molecule has 58 valence electrons. The molecular formula is C9H9ClO. The normalized spacial score (nSPS) is 21.8. The zero-order valence-electron chi connectivity index (χ0n) is 6.30. The number of ether oxygens (including phenoxy) is 1. The highest BCUT2D eigenvalue weighted by molar-refractivity contribution is 6.31. The third-order valence-electron chi connectivity index (χ3n) is 2.07. The van der Waals surface area contributed by atoms with E-state index in [1.54, 1.807) is 0 Å². The Balaban J connectivity index is 2.57. The van der Waals surface area contributed by atoms with E-state index in [0.29, 0.717) is 6.61 Å². The highest BCUT2D eigenvalue weighted by atomic mass is 35.5. The molecule has 0 radical (unpaired) electrons. The van der Waals surface area contributed by atoms with E-state index in [-0.39, 0.29) is 6.10 Å². The Kier molecular flexibility index (Phi) is 1.63. The van der Waals surface area contributed by atoms with Gasteiger partial charge in [0.15, 0.2) is 0 Å². The predicted octanol–water partition coefficient (Wildman–Crippen LogP) is 2.93. The van der Waals surface area contributed by atoms with E-state index < -0.39 is 0 Å². The molecule has 0 N–H and O–H groups in total. The zero-order valence-corrected chi connectivity index (χ0v) is 7.06. The van der Waals surface area contributed by atoms with Gasteiger partial charge >= 0.3 is 0 Å². The van der Waals surface area contributed by atoms with Gasteiger partial charge in [-0.3, -0.25) is 0 Å². The molecule has 1 aromatic carbocycles. The summed E-state index contributed by atoms with van der Waals surface area (Å²) in [6.07, 6.45) is 0.212. The molecule has 1 heterocycles. The van der Waals surface area contributed by atoms with Crippen LogP contribution in [0.2, 0.25) is 5.02 Å². The molecule has 1 aliphatic rings. The van der Waals surface area contributed by atoms with Crippen LogP contribution in [0.15, 0.2) is 18.2 Å². The standard InChI is InChI=1S/C9H9ClO/c1-6-7-3-2-4-9(10)8(7)5-11-6/h2-4,6H,5H2,1H3. The molecule has 0 amide bonds. The van der Waals surface area contributed by atoms with Gasteiger partial charge in [-0.2, -0.15) is 0 Å². The summed E-state index contributed by atoms with van der Waals surface area (Å²) in [6.45, 7) is 2.71. The van der Waals surface area contributed by atoms with Crippen molar-refractivity contribution in [2.75, 3.05) is 0 Å². The van der Waals surface area contributed by atoms with Crippen LogP contribution in [0.1, 0.15) is 24.2 Å². The van der Waals surface area contributed by atoms with Crippen molar-refractivity contribution in [1.29, 1.82) is 0 Å². The first-order valence-electron chi connectivity index (χ1n) is 3.68. The van der Waals surface area contributed by atoms with E-state index in [9.17, 15) is 0 Å². The van der Waals surface area contributed by atoms with E-state index in [0.717, 1.165) is 10.6 Å². The molecule has 1 aromatic rings. The Labute approximate surface area is 70.9 Å². The minimum atomic E-state index is 0.212. The molecule has 2 heteroatoms. The maximum absolute atomic E-state index is 5.95. The second-order valence-corrected chi connectivity index (χ2v) is 3.17. The van der Waals surface area contributed by atoms with Crippen LogP contribution in [0.3, 0.4) is 0 Å². The summed E-state index contributed by atoms with van der Waals surface area (Å²) >= 11 is 5.95. The fourth-order valence-electron chi connectivity index (χ4n) is 1.41. The highest BCUT2D eigenvalue weighted by Crippen LogP contribution is 2.34. The molecule has 0 aliphatic carbocycles. The van der Waals surface area contributed by atoms with Crippen LogP contribution >= 0.6 is 11.6 Å². The Morgan fingerprint density at radius 2 is 2.36 bits per heavy atom. The van der Waals surface area contributed by atoms with Gasteiger partial charge in [-0.05, 0) is 18.6 Å². The third-order valence-corrected chi connectivity index (χ3v) is 2.42. The SMILES string of the molecule is CC1OCc2c(Cl)cccc21. The minimum Gasteiger partial charge on any atom is -0.369 e. The maximum Gasteiger partial charge on any atom is 0.0805 e. The molecule has 0 saturated carbocycles. The summed E-state index contributed by atoms with van der Waals surface area (Å²) in [4.78, 5) is 0. The summed E-state index contributed by atoms with van der Waals surface area (Å²) < 4.78 is 5.42. The van der Waals surface area contributed by atoms with Crippen molar-refractivity contribution in [3.05, 3.63) is 34.3 Å². The van der Waals surface area contributed by atoms with E-state index in [1.165, 1.54) is 5.56 Å². The molecule has 1 nitrogen and oxygen atoms in total. The van der Waals surface area contributed by atoms with E-state index >= 15 is 0 Å². The lowest BCUT2D eigenvalue weighted by Gasteiger charge is -2.01. The Morgan fingerprint density at radius 1 is 1.55 bits per heavy atom. The van der Waals surface area contributed by atoms with Gasteiger partial charge in [0, 0.05) is 10.6 Å². The second kappa shape index (κ2) is 2.50. The number of rotatable bonds is 0. The first-order valence-corrected chi connectivity index (χ1v) is 4.05. The van der Waals surface area contributed by atoms with Crippen LogP contribution in [0.5, 0.6) is 0 Å². The van der Waals surface area contributed by atoms with Crippen molar-refractivity contribution < 1.29 is 4.74 Å². The molecule has 2 rings (SSSR count). The van der Waals surface area contributed by atoms with Gasteiger partial charge in [0.1, 0.15) is 0 Å². The van der Waals surface area contributed by atoms with Crippen molar-refractivity contribution in [2.45, 2.75) is 19.6 Å². The molecular weight excluding hydrogens is 160 g/mol. The van der Waals surface area contributed by atoms with Gasteiger partial charge in [0.05, 0.1) is 12.7 Å². The summed E-state index contributed by atoms with van der Waals surface area (Å²) in [5.41, 5.74) is 2.39. The predicted molar refractivity (Wildman–Crippen MR) is 44.7 cm³/mol.